The van der Waals surface area contributed by atoms with E-state index in [1.54, 1.807) is 6.08 Å². The number of nitrogens with one attached hydrogen (secondary N) is 1. The normalized spacial score (nSPS) is 12.6. The molecule has 0 aliphatic carbocycles. The molecule has 0 spiro atoms. The van der Waals surface area contributed by atoms with Crippen LogP contribution in [0.5, 0.6) is 0 Å². The molecular formula is C10H17NO. The van der Waals surface area contributed by atoms with E-state index < -0.39 is 0 Å². The van der Waals surface area contributed by atoms with Crippen LogP contribution in [-0.2, 0) is 4.79 Å². The van der Waals surface area contributed by atoms with E-state index in [2.05, 4.69) is 5.32 Å². The van der Waals surface area contributed by atoms with Crippen LogP contribution in [0.25, 0.3) is 0 Å². The van der Waals surface area contributed by atoms with Crippen LogP contribution in [0.4, 0.5) is 0 Å². The Morgan fingerprint density at radius 3 is 2.42 bits per heavy atom. The van der Waals surface area contributed by atoms with Gasteiger partial charge < -0.3 is 5.32 Å². The summed E-state index contributed by atoms with van der Waals surface area (Å²) in [6.07, 6.45) is 5.41. The average Bonchev–Trinajstić information content (AvgIpc) is 1.84. The molecule has 0 heterocycles. The molecule has 0 fully saturated rings. The Labute approximate surface area is 74.4 Å². The molecular weight excluding hydrogens is 150 g/mol. The fourth-order valence-corrected chi connectivity index (χ4v) is 0.844. The SMILES string of the molecule is C/C=C\C(C)=C\C(=O)NC(C)C. The maximum Gasteiger partial charge on any atom is 0.244 e. The van der Waals surface area contributed by atoms with E-state index in [0.29, 0.717) is 0 Å². The number of carbonyl (C=O) groups excluding carboxylic acids is 1. The van der Waals surface area contributed by atoms with Crippen molar-refractivity contribution >= 4 is 5.91 Å². The van der Waals surface area contributed by atoms with Crippen molar-refractivity contribution in [1.82, 2.24) is 5.32 Å². The summed E-state index contributed by atoms with van der Waals surface area (Å²) in [6, 6.07) is 0.201. The zero-order valence-corrected chi connectivity index (χ0v) is 8.22. The molecule has 0 rings (SSSR count). The van der Waals surface area contributed by atoms with Crippen molar-refractivity contribution in [2.45, 2.75) is 33.7 Å². The highest BCUT2D eigenvalue weighted by molar-refractivity contribution is 5.88. The molecule has 0 aromatic heterocycles. The molecule has 0 bridgehead atoms. The summed E-state index contributed by atoms with van der Waals surface area (Å²) in [6.45, 7) is 7.71. The van der Waals surface area contributed by atoms with Crippen molar-refractivity contribution < 1.29 is 4.79 Å². The van der Waals surface area contributed by atoms with Gasteiger partial charge in [0.2, 0.25) is 5.91 Å². The van der Waals surface area contributed by atoms with E-state index in [9.17, 15) is 4.79 Å². The van der Waals surface area contributed by atoms with Gasteiger partial charge in [-0.25, -0.2) is 0 Å². The zero-order valence-electron chi connectivity index (χ0n) is 8.22. The fraction of sp³-hybridized carbons (Fsp3) is 0.500. The fourth-order valence-electron chi connectivity index (χ4n) is 0.844. The molecule has 0 atom stereocenters. The summed E-state index contributed by atoms with van der Waals surface area (Å²) < 4.78 is 0. The van der Waals surface area contributed by atoms with Crippen molar-refractivity contribution in [3.63, 3.8) is 0 Å². The molecule has 1 N–H and O–H groups in total. The highest BCUT2D eigenvalue weighted by atomic mass is 16.1. The van der Waals surface area contributed by atoms with E-state index in [-0.39, 0.29) is 11.9 Å². The third-order valence-electron chi connectivity index (χ3n) is 1.22. The first-order chi connectivity index (χ1) is 5.56. The Kier molecular flexibility index (Phi) is 5.09. The van der Waals surface area contributed by atoms with Crippen molar-refractivity contribution in [3.8, 4) is 0 Å². The van der Waals surface area contributed by atoms with Crippen LogP contribution in [0, 0.1) is 0 Å². The lowest BCUT2D eigenvalue weighted by Crippen LogP contribution is -2.28. The monoisotopic (exact) mass is 167 g/mol. The van der Waals surface area contributed by atoms with Gasteiger partial charge in [-0.3, -0.25) is 4.79 Å². The molecule has 2 nitrogen and oxygen atoms in total. The molecule has 0 saturated heterocycles. The largest absolute Gasteiger partial charge is 0.350 e. The minimum absolute atomic E-state index is 0.0272. The van der Waals surface area contributed by atoms with Crippen LogP contribution >= 0.6 is 0 Å². The maximum atomic E-state index is 11.1. The van der Waals surface area contributed by atoms with E-state index in [1.165, 1.54) is 0 Å². The Hall–Kier alpha value is -1.05. The lowest BCUT2D eigenvalue weighted by Gasteiger charge is -2.04. The van der Waals surface area contributed by atoms with Crippen molar-refractivity contribution in [3.05, 3.63) is 23.8 Å². The quantitative estimate of drug-likeness (QED) is 0.505. The van der Waals surface area contributed by atoms with Crippen LogP contribution < -0.4 is 5.32 Å². The number of rotatable bonds is 3. The zero-order chi connectivity index (χ0) is 9.56. The molecule has 0 aromatic rings. The first-order valence-corrected chi connectivity index (χ1v) is 4.17. The van der Waals surface area contributed by atoms with E-state index in [0.717, 1.165) is 5.57 Å². The first kappa shape index (κ1) is 11.0. The number of hydrogen-bond acceptors (Lipinski definition) is 1. The third-order valence-corrected chi connectivity index (χ3v) is 1.22. The van der Waals surface area contributed by atoms with Gasteiger partial charge in [-0.05, 0) is 33.3 Å². The first-order valence-electron chi connectivity index (χ1n) is 4.17. The number of carbonyl (C=O) groups is 1. The molecule has 1 amide bonds. The summed E-state index contributed by atoms with van der Waals surface area (Å²) in [5.41, 5.74) is 0.968. The van der Waals surface area contributed by atoms with Gasteiger partial charge in [0, 0.05) is 12.1 Å². The van der Waals surface area contributed by atoms with Gasteiger partial charge in [0.25, 0.3) is 0 Å². The van der Waals surface area contributed by atoms with Gasteiger partial charge in [-0.1, -0.05) is 12.2 Å². The van der Waals surface area contributed by atoms with Gasteiger partial charge in [0.15, 0.2) is 0 Å². The number of amides is 1. The second-order valence-corrected chi connectivity index (χ2v) is 3.05. The molecule has 0 aliphatic rings. The van der Waals surface area contributed by atoms with Crippen molar-refractivity contribution in [2.75, 3.05) is 0 Å². The minimum Gasteiger partial charge on any atom is -0.350 e. The van der Waals surface area contributed by atoms with Crippen molar-refractivity contribution in [1.29, 1.82) is 0 Å². The summed E-state index contributed by atoms with van der Waals surface area (Å²) in [5.74, 6) is -0.0272. The van der Waals surface area contributed by atoms with Gasteiger partial charge in [0.05, 0.1) is 0 Å². The predicted octanol–water partition coefficient (Wildman–Crippen LogP) is 2.03. The van der Waals surface area contributed by atoms with E-state index in [4.69, 9.17) is 0 Å². The van der Waals surface area contributed by atoms with Crippen LogP contribution in [0.3, 0.4) is 0 Å². The maximum absolute atomic E-state index is 11.1. The van der Waals surface area contributed by atoms with Crippen LogP contribution in [0.1, 0.15) is 27.7 Å². The molecule has 0 aliphatic heterocycles. The average molecular weight is 167 g/mol. The predicted molar refractivity (Wildman–Crippen MR) is 51.8 cm³/mol. The molecule has 0 radical (unpaired) electrons. The van der Waals surface area contributed by atoms with Crippen LogP contribution in [-0.4, -0.2) is 11.9 Å². The smallest absolute Gasteiger partial charge is 0.244 e. The Morgan fingerprint density at radius 1 is 1.42 bits per heavy atom. The molecule has 68 valence electrons. The van der Waals surface area contributed by atoms with Gasteiger partial charge in [0.1, 0.15) is 0 Å². The highest BCUT2D eigenvalue weighted by Crippen LogP contribution is 1.94. The molecule has 0 unspecified atom stereocenters. The number of allylic oxidation sites excluding steroid dienone is 3. The molecule has 0 aromatic carbocycles. The number of hydrogen-bond donors (Lipinski definition) is 1. The molecule has 0 saturated carbocycles. The minimum atomic E-state index is -0.0272. The van der Waals surface area contributed by atoms with Crippen LogP contribution in [0.15, 0.2) is 23.8 Å². The summed E-state index contributed by atoms with van der Waals surface area (Å²) >= 11 is 0. The highest BCUT2D eigenvalue weighted by Gasteiger charge is 1.97. The lowest BCUT2D eigenvalue weighted by atomic mass is 10.2. The molecule has 2 heteroatoms. The second kappa shape index (κ2) is 5.58. The van der Waals surface area contributed by atoms with E-state index >= 15 is 0 Å². The Morgan fingerprint density at radius 2 is 2.00 bits per heavy atom. The standard InChI is InChI=1S/C10H17NO/c1-5-6-9(4)7-10(12)11-8(2)3/h5-8H,1-4H3,(H,11,12)/b6-5-,9-7+. The summed E-state index contributed by atoms with van der Waals surface area (Å²) in [4.78, 5) is 11.1. The van der Waals surface area contributed by atoms with Gasteiger partial charge in [-0.15, -0.1) is 0 Å². The van der Waals surface area contributed by atoms with Gasteiger partial charge >= 0.3 is 0 Å². The van der Waals surface area contributed by atoms with E-state index in [1.807, 2.05) is 39.8 Å². The summed E-state index contributed by atoms with van der Waals surface area (Å²) in [7, 11) is 0. The molecule has 12 heavy (non-hydrogen) atoms. The van der Waals surface area contributed by atoms with Crippen molar-refractivity contribution in [2.24, 2.45) is 0 Å². The van der Waals surface area contributed by atoms with Crippen LogP contribution in [0.2, 0.25) is 0 Å². The Balaban J connectivity index is 4.05. The second-order valence-electron chi connectivity index (χ2n) is 3.05. The lowest BCUT2D eigenvalue weighted by molar-refractivity contribution is -0.117. The summed E-state index contributed by atoms with van der Waals surface area (Å²) in [5, 5.41) is 2.78. The Bertz CT molecular complexity index is 202. The topological polar surface area (TPSA) is 29.1 Å². The van der Waals surface area contributed by atoms with Gasteiger partial charge in [-0.2, -0.15) is 0 Å². The third kappa shape index (κ3) is 5.71.